The lowest BCUT2D eigenvalue weighted by molar-refractivity contribution is -0.269. The summed E-state index contributed by atoms with van der Waals surface area (Å²) < 4.78 is 259. The van der Waals surface area contributed by atoms with Gasteiger partial charge in [-0.25, -0.2) is 44.6 Å². The van der Waals surface area contributed by atoms with E-state index in [4.69, 9.17) is 23.2 Å². The molecule has 0 aliphatic heterocycles. The van der Waals surface area contributed by atoms with Crippen molar-refractivity contribution in [3.8, 4) is 40.6 Å². The first-order valence-corrected chi connectivity index (χ1v) is 32.0. The lowest BCUT2D eigenvalue weighted by Crippen LogP contribution is -2.36. The van der Waals surface area contributed by atoms with Crippen molar-refractivity contribution in [1.29, 1.82) is 5.26 Å². The zero-order chi connectivity index (χ0) is 66.6. The SMILES string of the molecule is CCS(=O)(=O)c1cc(C2(C#N)CC2)cnc1-c1ncc(C=C(Cl)C(F)(F)F)n1C.CCS(=O)(=O)c1cc(C2CC2)cnc1-c1ncc(/C=C(\Cl)C(F)(F)C(F)(F)F)n1C.CCS(=O)(=O)c1cc(C2CC2)cnc1-c1ncc(/C=C(\F)C(F)(F)C(F)(F)F)n1C. The Morgan fingerprint density at radius 2 is 0.876 bits per heavy atom. The van der Waals surface area contributed by atoms with E-state index in [9.17, 15) is 92.0 Å². The summed E-state index contributed by atoms with van der Waals surface area (Å²) in [5.41, 5.74) is 0.617. The van der Waals surface area contributed by atoms with Crippen LogP contribution in [0.3, 0.4) is 0 Å². The smallest absolute Gasteiger partial charge is 0.326 e. The molecule has 3 saturated carbocycles. The molecule has 89 heavy (non-hydrogen) atoms. The molecular formula is C54H50Cl2F14N10O6S3. The fourth-order valence-electron chi connectivity index (χ4n) is 8.43. The number of nitriles is 1. The highest BCUT2D eigenvalue weighted by atomic mass is 35.5. The molecule has 0 amide bonds. The predicted molar refractivity (Wildman–Crippen MR) is 298 cm³/mol. The van der Waals surface area contributed by atoms with Crippen LogP contribution in [0.5, 0.6) is 0 Å². The fraction of sp³-hybridized carbons (Fsp3) is 0.426. The van der Waals surface area contributed by atoms with Gasteiger partial charge in [-0.2, -0.15) is 62.3 Å². The van der Waals surface area contributed by atoms with Crippen molar-refractivity contribution in [1.82, 2.24) is 43.6 Å². The van der Waals surface area contributed by atoms with Gasteiger partial charge in [0, 0.05) is 45.8 Å². The summed E-state index contributed by atoms with van der Waals surface area (Å²) in [4.78, 5) is 24.2. The molecule has 0 saturated heterocycles. The average molecular weight is 1370 g/mol. The Morgan fingerprint density at radius 3 is 1.19 bits per heavy atom. The second kappa shape index (κ2) is 25.1. The van der Waals surface area contributed by atoms with E-state index in [0.29, 0.717) is 30.6 Å². The Balaban J connectivity index is 0.000000190. The molecule has 16 nitrogen and oxygen atoms in total. The van der Waals surface area contributed by atoms with Gasteiger partial charge in [0.2, 0.25) is 0 Å². The van der Waals surface area contributed by atoms with E-state index >= 15 is 0 Å². The molecule has 482 valence electrons. The van der Waals surface area contributed by atoms with Gasteiger partial charge in [0.1, 0.15) is 22.1 Å². The number of hydrogen-bond acceptors (Lipinski definition) is 13. The van der Waals surface area contributed by atoms with Gasteiger partial charge in [-0.15, -0.1) is 0 Å². The third kappa shape index (κ3) is 14.7. The second-order valence-electron chi connectivity index (χ2n) is 20.6. The van der Waals surface area contributed by atoms with Gasteiger partial charge in [0.05, 0.1) is 84.1 Å². The normalized spacial score (nSPS) is 16.3. The molecule has 3 aliphatic rings. The molecule has 9 rings (SSSR count). The number of imidazole rings is 3. The van der Waals surface area contributed by atoms with Crippen molar-refractivity contribution in [2.45, 2.75) is 122 Å². The Kier molecular flexibility index (Phi) is 19.7. The molecular weight excluding hydrogens is 1320 g/mol. The molecule has 6 aromatic heterocycles. The number of hydrogen-bond donors (Lipinski definition) is 0. The summed E-state index contributed by atoms with van der Waals surface area (Å²) in [6.07, 6.45) is -3.17. The van der Waals surface area contributed by atoms with Crippen LogP contribution in [0.15, 0.2) is 86.0 Å². The van der Waals surface area contributed by atoms with Gasteiger partial charge in [-0.3, -0.25) is 15.0 Å². The van der Waals surface area contributed by atoms with E-state index in [2.05, 4.69) is 36.0 Å². The number of allylic oxidation sites excluding steroid dienone is 3. The van der Waals surface area contributed by atoms with Gasteiger partial charge in [0.25, 0.3) is 0 Å². The molecule has 0 radical (unpaired) electrons. The lowest BCUT2D eigenvalue weighted by Gasteiger charge is -2.18. The molecule has 3 fully saturated rings. The van der Waals surface area contributed by atoms with Crippen molar-refractivity contribution in [3.63, 3.8) is 0 Å². The minimum Gasteiger partial charge on any atom is -0.326 e. The monoisotopic (exact) mass is 1370 g/mol. The predicted octanol–water partition coefficient (Wildman–Crippen LogP) is 13.6. The van der Waals surface area contributed by atoms with Crippen LogP contribution in [0.2, 0.25) is 0 Å². The third-order valence-corrected chi connectivity index (χ3v) is 20.4. The minimum absolute atomic E-state index is 0.00425. The quantitative estimate of drug-likeness (QED) is 0.0777. The Labute approximate surface area is 509 Å². The zero-order valence-electron chi connectivity index (χ0n) is 47.1. The van der Waals surface area contributed by atoms with E-state index in [0.717, 1.165) is 64.5 Å². The van der Waals surface area contributed by atoms with Gasteiger partial charge in [0.15, 0.2) is 52.8 Å². The molecule has 0 spiro atoms. The van der Waals surface area contributed by atoms with Crippen LogP contribution in [-0.4, -0.2) is 116 Å². The highest BCUT2D eigenvalue weighted by Gasteiger charge is 2.61. The van der Waals surface area contributed by atoms with E-state index in [-0.39, 0.29) is 95.8 Å². The number of alkyl halides is 13. The lowest BCUT2D eigenvalue weighted by atomic mass is 9.99. The molecule has 6 aromatic rings. The van der Waals surface area contributed by atoms with Crippen molar-refractivity contribution < 1.29 is 86.7 Å². The van der Waals surface area contributed by atoms with E-state index in [1.165, 1.54) is 83.3 Å². The van der Waals surface area contributed by atoms with Crippen LogP contribution in [-0.2, 0) is 56.1 Å². The van der Waals surface area contributed by atoms with Crippen LogP contribution >= 0.6 is 23.2 Å². The molecule has 0 unspecified atom stereocenters. The van der Waals surface area contributed by atoms with Crippen molar-refractivity contribution in [2.75, 3.05) is 17.3 Å². The van der Waals surface area contributed by atoms with Crippen LogP contribution in [0.4, 0.5) is 61.5 Å². The summed E-state index contributed by atoms with van der Waals surface area (Å²) in [6.45, 7) is 4.37. The number of nitrogens with zero attached hydrogens (tertiary/aromatic N) is 10. The van der Waals surface area contributed by atoms with Crippen molar-refractivity contribution in [3.05, 3.63) is 105 Å². The first-order chi connectivity index (χ1) is 41.0. The topological polar surface area (TPSA) is 218 Å². The van der Waals surface area contributed by atoms with Crippen molar-refractivity contribution in [2.24, 2.45) is 21.1 Å². The number of sulfone groups is 3. The van der Waals surface area contributed by atoms with Gasteiger partial charge < -0.3 is 13.7 Å². The number of halogens is 16. The number of rotatable bonds is 17. The molecule has 0 N–H and O–H groups in total. The van der Waals surface area contributed by atoms with Crippen LogP contribution < -0.4 is 0 Å². The maximum atomic E-state index is 13.7. The van der Waals surface area contributed by atoms with E-state index in [1.54, 1.807) is 0 Å². The van der Waals surface area contributed by atoms with Gasteiger partial charge in [-0.05, 0) is 97.4 Å². The molecule has 0 atom stereocenters. The summed E-state index contributed by atoms with van der Waals surface area (Å²) in [5, 5.41) is 6.32. The molecule has 3 aliphatic carbocycles. The summed E-state index contributed by atoms with van der Waals surface area (Å²) >= 11 is 10.5. The third-order valence-electron chi connectivity index (χ3n) is 14.5. The Bertz CT molecular complexity index is 4020. The second-order valence-corrected chi connectivity index (χ2v) is 28.1. The highest BCUT2D eigenvalue weighted by molar-refractivity contribution is 7.92. The van der Waals surface area contributed by atoms with E-state index in [1.807, 2.05) is 0 Å². The first-order valence-electron chi connectivity index (χ1n) is 26.3. The zero-order valence-corrected chi connectivity index (χ0v) is 51.1. The average Bonchev–Trinajstić information content (AvgIpc) is 1.71. The van der Waals surface area contributed by atoms with Gasteiger partial charge in [-0.1, -0.05) is 44.0 Å². The van der Waals surface area contributed by atoms with Gasteiger partial charge >= 0.3 is 30.4 Å². The van der Waals surface area contributed by atoms with Crippen LogP contribution in [0.25, 0.3) is 52.8 Å². The maximum absolute atomic E-state index is 13.7. The number of pyridine rings is 3. The van der Waals surface area contributed by atoms with E-state index < -0.39 is 86.9 Å². The summed E-state index contributed by atoms with van der Waals surface area (Å²) in [5.74, 6) is -13.9. The van der Waals surface area contributed by atoms with Crippen LogP contribution in [0.1, 0.15) is 105 Å². The largest absolute Gasteiger partial charge is 0.460 e. The highest BCUT2D eigenvalue weighted by Crippen LogP contribution is 2.49. The fourth-order valence-corrected chi connectivity index (χ4v) is 11.9. The summed E-state index contributed by atoms with van der Waals surface area (Å²) in [6, 6.07) is 6.61. The standard InChI is InChI=1S/C18H17ClF5N3O2S.C18H16ClF3N4O2S.C18H17F6N3O2S/c1-3-30(28,29)13-6-11(10-4-5-10)8-25-15(13)16-26-9-12(27(16)2)7-14(19)17(20,21)18(22,23)24;1-3-29(27,28)13-6-11(17(10-23)4-5-17)8-24-15(13)16-25-9-12(26(16)2)7-14(19)18(20,21)22;1-3-30(28,29)13-6-11(10-4-5-10)8-25-15(13)16-26-9-12(27(16)2)7-14(19)17(20,21)18(22,23)24/h6-10H,3-5H2,1-2H3;6-9H,3-5H2,1-2H3;6-10H,3-5H2,1-2H3/b14-7-;;14-7-. The molecule has 0 bridgehead atoms. The minimum atomic E-state index is -6.10. The first kappa shape index (κ1) is 69.7. The van der Waals surface area contributed by atoms with Crippen LogP contribution in [0, 0.1) is 11.3 Å². The Morgan fingerprint density at radius 1 is 0.539 bits per heavy atom. The molecule has 0 aromatic carbocycles. The number of aromatic nitrogens is 9. The molecule has 35 heteroatoms. The Hall–Kier alpha value is -6.76. The maximum Gasteiger partial charge on any atom is 0.460 e. The molecule has 6 heterocycles. The van der Waals surface area contributed by atoms with Crippen molar-refractivity contribution >= 4 is 70.9 Å². The summed E-state index contributed by atoms with van der Waals surface area (Å²) in [7, 11) is -7.20.